The van der Waals surface area contributed by atoms with E-state index in [0.29, 0.717) is 10.6 Å². The number of aryl methyl sites for hydroxylation is 1. The monoisotopic (exact) mass is 450 g/mol. The third-order valence-corrected chi connectivity index (χ3v) is 6.25. The summed E-state index contributed by atoms with van der Waals surface area (Å²) in [4.78, 5) is 3.11. The highest BCUT2D eigenvalue weighted by Gasteiger charge is 2.38. The number of fused-ring (bicyclic) bond motifs is 1. The van der Waals surface area contributed by atoms with Gasteiger partial charge >= 0.3 is 0 Å². The van der Waals surface area contributed by atoms with Gasteiger partial charge in [0, 0.05) is 22.1 Å². The fraction of sp³-hybridized carbons (Fsp3) is 0.176. The van der Waals surface area contributed by atoms with Crippen LogP contribution in [0.25, 0.3) is 10.9 Å². The van der Waals surface area contributed by atoms with Gasteiger partial charge in [0.25, 0.3) is 0 Å². The number of rotatable bonds is 4. The Bertz CT molecular complexity index is 1040. The van der Waals surface area contributed by atoms with Crippen molar-refractivity contribution in [3.8, 4) is 0 Å². The van der Waals surface area contributed by atoms with E-state index in [9.17, 15) is 8.42 Å². The quantitative estimate of drug-likeness (QED) is 0.513. The Hall–Kier alpha value is -0.950. The maximum Gasteiger partial charge on any atom is 0.241 e. The number of H-pyrrole nitrogens is 1. The lowest BCUT2D eigenvalue weighted by molar-refractivity contribution is 0.559. The van der Waals surface area contributed by atoms with E-state index in [1.807, 2.05) is 25.1 Å². The minimum absolute atomic E-state index is 0.0248. The molecule has 0 bridgehead atoms. The van der Waals surface area contributed by atoms with Gasteiger partial charge in [-0.2, -0.15) is 4.72 Å². The van der Waals surface area contributed by atoms with E-state index in [-0.39, 0.29) is 4.90 Å². The lowest BCUT2D eigenvalue weighted by atomic mass is 10.1. The molecular formula is C17H14Cl4N2O2S. The number of alkyl halides is 3. The molecule has 26 heavy (non-hydrogen) atoms. The zero-order chi connectivity index (χ0) is 19.1. The predicted molar refractivity (Wildman–Crippen MR) is 108 cm³/mol. The van der Waals surface area contributed by atoms with Crippen molar-refractivity contribution < 1.29 is 8.42 Å². The Morgan fingerprint density at radius 2 is 1.73 bits per heavy atom. The lowest BCUT2D eigenvalue weighted by Crippen LogP contribution is -2.36. The average molecular weight is 452 g/mol. The third-order valence-electron chi connectivity index (χ3n) is 3.90. The number of sulfonamides is 1. The van der Waals surface area contributed by atoms with Crippen LogP contribution in [0.3, 0.4) is 0 Å². The second kappa shape index (κ2) is 7.23. The first kappa shape index (κ1) is 19.8. The van der Waals surface area contributed by atoms with Gasteiger partial charge in [0.1, 0.15) is 0 Å². The Balaban J connectivity index is 2.05. The molecule has 2 aromatic carbocycles. The van der Waals surface area contributed by atoms with E-state index in [4.69, 9.17) is 46.4 Å². The molecular weight excluding hydrogens is 438 g/mol. The highest BCUT2D eigenvalue weighted by molar-refractivity contribution is 7.89. The van der Waals surface area contributed by atoms with Gasteiger partial charge in [0.15, 0.2) is 0 Å². The summed E-state index contributed by atoms with van der Waals surface area (Å²) in [5.74, 6) is 0. The summed E-state index contributed by atoms with van der Waals surface area (Å²) < 4.78 is 26.1. The molecule has 0 spiro atoms. The van der Waals surface area contributed by atoms with Gasteiger partial charge in [0.05, 0.1) is 10.9 Å². The zero-order valence-corrected chi connectivity index (χ0v) is 17.3. The smallest absolute Gasteiger partial charge is 0.241 e. The van der Waals surface area contributed by atoms with E-state index >= 15 is 0 Å². The highest BCUT2D eigenvalue weighted by Crippen LogP contribution is 2.43. The topological polar surface area (TPSA) is 62.0 Å². The van der Waals surface area contributed by atoms with Crippen molar-refractivity contribution in [3.63, 3.8) is 0 Å². The van der Waals surface area contributed by atoms with Crippen molar-refractivity contribution in [3.05, 3.63) is 64.8 Å². The van der Waals surface area contributed by atoms with Gasteiger partial charge in [0.2, 0.25) is 13.8 Å². The first-order chi connectivity index (χ1) is 12.1. The van der Waals surface area contributed by atoms with E-state index < -0.39 is 19.9 Å². The molecule has 0 saturated carbocycles. The number of aromatic nitrogens is 1. The molecule has 1 atom stereocenters. The van der Waals surface area contributed by atoms with Crippen molar-refractivity contribution in [1.29, 1.82) is 0 Å². The van der Waals surface area contributed by atoms with Gasteiger partial charge in [-0.3, -0.25) is 0 Å². The molecule has 3 rings (SSSR count). The van der Waals surface area contributed by atoms with Crippen LogP contribution in [-0.4, -0.2) is 17.2 Å². The van der Waals surface area contributed by atoms with Crippen molar-refractivity contribution in [2.45, 2.75) is 21.7 Å². The largest absolute Gasteiger partial charge is 0.361 e. The highest BCUT2D eigenvalue weighted by atomic mass is 35.6. The molecule has 0 aliphatic heterocycles. The maximum atomic E-state index is 12.7. The predicted octanol–water partition coefficient (Wildman–Crippen LogP) is 5.52. The summed E-state index contributed by atoms with van der Waals surface area (Å²) in [6, 6.07) is 10.3. The minimum Gasteiger partial charge on any atom is -0.361 e. The molecule has 4 nitrogen and oxygen atoms in total. The van der Waals surface area contributed by atoms with E-state index in [1.165, 1.54) is 24.3 Å². The summed E-state index contributed by atoms with van der Waals surface area (Å²) in [5.41, 5.74) is 2.42. The summed E-state index contributed by atoms with van der Waals surface area (Å²) in [6.07, 6.45) is 1.64. The molecule has 3 aromatic rings. The molecule has 1 heterocycles. The number of aromatic amines is 1. The number of hydrogen-bond acceptors (Lipinski definition) is 2. The van der Waals surface area contributed by atoms with Crippen molar-refractivity contribution in [2.75, 3.05) is 0 Å². The third kappa shape index (κ3) is 4.14. The number of benzene rings is 2. The molecule has 0 aliphatic carbocycles. The molecule has 1 unspecified atom stereocenters. The molecule has 1 aromatic heterocycles. The van der Waals surface area contributed by atoms with E-state index in [1.54, 1.807) is 6.20 Å². The summed E-state index contributed by atoms with van der Waals surface area (Å²) in [5, 5.41) is 1.19. The van der Waals surface area contributed by atoms with Gasteiger partial charge in [-0.05, 0) is 48.4 Å². The molecule has 2 N–H and O–H groups in total. The molecule has 138 valence electrons. The van der Waals surface area contributed by atoms with E-state index in [2.05, 4.69) is 9.71 Å². The molecule has 9 heteroatoms. The number of hydrogen-bond donors (Lipinski definition) is 2. The van der Waals surface area contributed by atoms with Crippen LogP contribution >= 0.6 is 46.4 Å². The summed E-state index contributed by atoms with van der Waals surface area (Å²) in [6.45, 7) is 1.95. The molecule has 0 amide bonds. The molecule has 0 aliphatic rings. The standard InChI is InChI=1S/C17H14Cl4N2O2S/c1-10-2-7-13-14(9-22-15(13)8-10)16(17(19,20)21)23-26(24,25)12-5-3-11(18)4-6-12/h2-9,16,22-23H,1H3. The maximum absolute atomic E-state index is 12.7. The van der Waals surface area contributed by atoms with Crippen LogP contribution in [0.5, 0.6) is 0 Å². The van der Waals surface area contributed by atoms with Crippen LogP contribution in [-0.2, 0) is 10.0 Å². The lowest BCUT2D eigenvalue weighted by Gasteiger charge is -2.25. The summed E-state index contributed by atoms with van der Waals surface area (Å²) >= 11 is 24.1. The van der Waals surface area contributed by atoms with Crippen LogP contribution < -0.4 is 4.72 Å². The number of halogens is 4. The van der Waals surface area contributed by atoms with Gasteiger partial charge < -0.3 is 4.98 Å². The number of nitrogens with one attached hydrogen (secondary N) is 2. The molecule has 0 fully saturated rings. The minimum atomic E-state index is -3.94. The van der Waals surface area contributed by atoms with Crippen molar-refractivity contribution >= 4 is 67.3 Å². The summed E-state index contributed by atoms with van der Waals surface area (Å²) in [7, 11) is -3.94. The zero-order valence-electron chi connectivity index (χ0n) is 13.4. The Morgan fingerprint density at radius 3 is 2.35 bits per heavy atom. The fourth-order valence-electron chi connectivity index (χ4n) is 2.64. The van der Waals surface area contributed by atoms with Crippen LogP contribution in [0.15, 0.2) is 53.6 Å². The van der Waals surface area contributed by atoms with Gasteiger partial charge in [-0.1, -0.05) is 58.5 Å². The average Bonchev–Trinajstić information content (AvgIpc) is 2.94. The first-order valence-corrected chi connectivity index (χ1v) is 10.5. The van der Waals surface area contributed by atoms with Crippen LogP contribution in [0.4, 0.5) is 0 Å². The Morgan fingerprint density at radius 1 is 1.08 bits per heavy atom. The molecule has 0 saturated heterocycles. The van der Waals surface area contributed by atoms with Crippen molar-refractivity contribution in [1.82, 2.24) is 9.71 Å². The van der Waals surface area contributed by atoms with E-state index in [0.717, 1.165) is 16.5 Å². The first-order valence-electron chi connectivity index (χ1n) is 7.50. The van der Waals surface area contributed by atoms with Gasteiger partial charge in [-0.25, -0.2) is 8.42 Å². The Kier molecular flexibility index (Phi) is 5.50. The van der Waals surface area contributed by atoms with Crippen molar-refractivity contribution in [2.24, 2.45) is 0 Å². The second-order valence-electron chi connectivity index (χ2n) is 5.84. The van der Waals surface area contributed by atoms with Crippen LogP contribution in [0, 0.1) is 6.92 Å². The fourth-order valence-corrected chi connectivity index (χ4v) is 4.73. The van der Waals surface area contributed by atoms with Crippen LogP contribution in [0.2, 0.25) is 5.02 Å². The van der Waals surface area contributed by atoms with Gasteiger partial charge in [-0.15, -0.1) is 0 Å². The SMILES string of the molecule is Cc1ccc2c(C(NS(=O)(=O)c3ccc(Cl)cc3)C(Cl)(Cl)Cl)c[nH]c2c1. The van der Waals surface area contributed by atoms with Crippen LogP contribution in [0.1, 0.15) is 17.2 Å². The molecule has 0 radical (unpaired) electrons. The second-order valence-corrected chi connectivity index (χ2v) is 10.4. The Labute approximate surface area is 171 Å². The normalized spacial score (nSPS) is 13.9.